The smallest absolute Gasteiger partial charge is 0.127 e. The minimum Gasteiger partial charge on any atom is -0.507 e. The Hall–Kier alpha value is -3.33. The van der Waals surface area contributed by atoms with E-state index in [1.807, 2.05) is 42.6 Å². The molecule has 4 aromatic carbocycles. The van der Waals surface area contributed by atoms with Gasteiger partial charge >= 0.3 is 0 Å². The maximum absolute atomic E-state index is 10.5. The molecule has 3 nitrogen and oxygen atoms in total. The van der Waals surface area contributed by atoms with Crippen LogP contribution in [0, 0.1) is 6.07 Å². The van der Waals surface area contributed by atoms with Crippen LogP contribution in [0.2, 0.25) is 0 Å². The maximum atomic E-state index is 10.5. The number of benzene rings is 4. The molecule has 0 aliphatic heterocycles. The molecular formula is C32H25N2OPtS-. The second kappa shape index (κ2) is 9.85. The van der Waals surface area contributed by atoms with Crippen molar-refractivity contribution in [2.24, 2.45) is 0 Å². The van der Waals surface area contributed by atoms with Crippen LogP contribution in [0.3, 0.4) is 0 Å². The van der Waals surface area contributed by atoms with Gasteiger partial charge in [0.05, 0.1) is 11.1 Å². The van der Waals surface area contributed by atoms with E-state index in [1.54, 1.807) is 17.4 Å². The molecule has 186 valence electrons. The third kappa shape index (κ3) is 4.72. The van der Waals surface area contributed by atoms with E-state index in [1.165, 1.54) is 5.56 Å². The number of phenols is 1. The van der Waals surface area contributed by atoms with Crippen molar-refractivity contribution < 1.29 is 26.2 Å². The van der Waals surface area contributed by atoms with Crippen LogP contribution in [0.4, 0.5) is 0 Å². The van der Waals surface area contributed by atoms with Crippen LogP contribution in [0.1, 0.15) is 26.3 Å². The minimum absolute atomic E-state index is 0. The van der Waals surface area contributed by atoms with Gasteiger partial charge in [-0.25, -0.2) is 4.98 Å². The molecule has 0 aliphatic rings. The van der Waals surface area contributed by atoms with Crippen LogP contribution in [0.5, 0.6) is 5.75 Å². The molecule has 0 radical (unpaired) electrons. The van der Waals surface area contributed by atoms with Gasteiger partial charge in [-0.15, -0.1) is 41.2 Å². The summed E-state index contributed by atoms with van der Waals surface area (Å²) in [6, 6.07) is 32.1. The monoisotopic (exact) mass is 680 g/mol. The predicted octanol–water partition coefficient (Wildman–Crippen LogP) is 8.65. The quantitative estimate of drug-likeness (QED) is 0.191. The summed E-state index contributed by atoms with van der Waals surface area (Å²) in [5.74, 6) is 0.241. The third-order valence-electron chi connectivity index (χ3n) is 6.51. The molecule has 0 fully saturated rings. The topological polar surface area (TPSA) is 46.0 Å². The fraction of sp³-hybridized carbons (Fsp3) is 0.125. The van der Waals surface area contributed by atoms with E-state index in [2.05, 4.69) is 69.3 Å². The zero-order valence-corrected chi connectivity index (χ0v) is 23.8. The summed E-state index contributed by atoms with van der Waals surface area (Å²) in [4.78, 5) is 9.73. The van der Waals surface area contributed by atoms with Crippen LogP contribution >= 0.6 is 11.3 Å². The summed E-state index contributed by atoms with van der Waals surface area (Å²) < 4.78 is 1.10. The van der Waals surface area contributed by atoms with Gasteiger partial charge in [-0.05, 0) is 46.0 Å². The van der Waals surface area contributed by atoms with Crippen molar-refractivity contribution >= 4 is 32.3 Å². The Morgan fingerprint density at radius 1 is 0.811 bits per heavy atom. The normalized spacial score (nSPS) is 11.5. The van der Waals surface area contributed by atoms with E-state index in [9.17, 15) is 5.11 Å². The van der Waals surface area contributed by atoms with Gasteiger partial charge < -0.3 is 5.11 Å². The molecule has 0 aliphatic carbocycles. The van der Waals surface area contributed by atoms with Crippen LogP contribution in [0.25, 0.3) is 53.9 Å². The van der Waals surface area contributed by atoms with Gasteiger partial charge in [0, 0.05) is 37.7 Å². The number of hydrogen-bond acceptors (Lipinski definition) is 4. The van der Waals surface area contributed by atoms with Crippen molar-refractivity contribution in [3.05, 3.63) is 103 Å². The molecule has 0 unspecified atom stereocenters. The van der Waals surface area contributed by atoms with Crippen LogP contribution in [-0.2, 0) is 26.5 Å². The number of aromatic nitrogens is 2. The number of pyridine rings is 1. The van der Waals surface area contributed by atoms with Crippen molar-refractivity contribution in [2.45, 2.75) is 26.2 Å². The number of phenolic OH excluding ortho intramolecular Hbond substituents is 1. The summed E-state index contributed by atoms with van der Waals surface area (Å²) in [6.45, 7) is 6.68. The first kappa shape index (κ1) is 25.3. The second-order valence-electron chi connectivity index (χ2n) is 10.0. The number of fused-ring (bicyclic) bond motifs is 2. The Bertz CT molecular complexity index is 1740. The van der Waals surface area contributed by atoms with E-state index >= 15 is 0 Å². The Morgan fingerprint density at radius 2 is 1.57 bits per heavy atom. The third-order valence-corrected chi connectivity index (χ3v) is 7.55. The van der Waals surface area contributed by atoms with Gasteiger partial charge in [0.25, 0.3) is 0 Å². The van der Waals surface area contributed by atoms with Gasteiger partial charge in [-0.2, -0.15) is 0 Å². The summed E-state index contributed by atoms with van der Waals surface area (Å²) in [7, 11) is 0. The Morgan fingerprint density at radius 3 is 2.38 bits per heavy atom. The first-order valence-corrected chi connectivity index (χ1v) is 12.8. The van der Waals surface area contributed by atoms with Crippen molar-refractivity contribution in [1.29, 1.82) is 0 Å². The number of rotatable bonds is 3. The Labute approximate surface area is 235 Å². The van der Waals surface area contributed by atoms with Crippen molar-refractivity contribution in [3.63, 3.8) is 0 Å². The molecular weight excluding hydrogens is 656 g/mol. The van der Waals surface area contributed by atoms with E-state index in [4.69, 9.17) is 9.97 Å². The Balaban J connectivity index is 0.00000280. The van der Waals surface area contributed by atoms with E-state index in [-0.39, 0.29) is 32.2 Å². The van der Waals surface area contributed by atoms with E-state index in [0.717, 1.165) is 53.9 Å². The fourth-order valence-corrected chi connectivity index (χ4v) is 5.60. The molecule has 37 heavy (non-hydrogen) atoms. The van der Waals surface area contributed by atoms with Crippen LogP contribution in [0.15, 0.2) is 91.1 Å². The SMILES string of the molecule is CC(C)(C)c1cc(-c2[c-]c(-c3nccc4ccccc34)ccc2)c2nc(-c3ccccc3O)sc2c1.[Pt]. The van der Waals surface area contributed by atoms with Gasteiger partial charge in [-0.3, -0.25) is 4.98 Å². The van der Waals surface area contributed by atoms with Crippen molar-refractivity contribution in [1.82, 2.24) is 9.97 Å². The first-order valence-electron chi connectivity index (χ1n) is 12.0. The summed E-state index contributed by atoms with van der Waals surface area (Å²) >= 11 is 1.61. The fourth-order valence-electron chi connectivity index (χ4n) is 4.54. The summed E-state index contributed by atoms with van der Waals surface area (Å²) in [5, 5.41) is 13.5. The summed E-state index contributed by atoms with van der Waals surface area (Å²) in [6.07, 6.45) is 1.86. The number of hydrogen-bond donors (Lipinski definition) is 1. The zero-order chi connectivity index (χ0) is 24.9. The molecule has 1 N–H and O–H groups in total. The van der Waals surface area contributed by atoms with Gasteiger partial charge in [-0.1, -0.05) is 74.4 Å². The number of para-hydroxylation sites is 1. The largest absolute Gasteiger partial charge is 0.507 e. The second-order valence-corrected chi connectivity index (χ2v) is 11.0. The average Bonchev–Trinajstić information content (AvgIpc) is 3.32. The molecule has 0 saturated heterocycles. The van der Waals surface area contributed by atoms with Gasteiger partial charge in [0.15, 0.2) is 0 Å². The molecule has 6 aromatic rings. The van der Waals surface area contributed by atoms with E-state index in [0.29, 0.717) is 0 Å². The summed E-state index contributed by atoms with van der Waals surface area (Å²) in [5.41, 5.74) is 6.77. The zero-order valence-electron chi connectivity index (χ0n) is 20.7. The number of nitrogens with zero attached hydrogens (tertiary/aromatic N) is 2. The predicted molar refractivity (Wildman–Crippen MR) is 150 cm³/mol. The van der Waals surface area contributed by atoms with Crippen LogP contribution < -0.4 is 0 Å². The standard InChI is InChI=1S/C32H25N2OS.Pt/c1-32(2,3)23-18-26(30-28(19-23)36-31(34-30)25-13-6-7-14-27(25)35)21-10-8-11-22(17-21)29-24-12-5-4-9-20(24)15-16-33-29;/h4-16,18-19,35H,1-3H3;/q-1;. The molecule has 2 aromatic heterocycles. The molecule has 0 saturated carbocycles. The van der Waals surface area contributed by atoms with Crippen molar-refractivity contribution in [2.75, 3.05) is 0 Å². The molecule has 0 atom stereocenters. The number of thiazole rings is 1. The maximum Gasteiger partial charge on any atom is 0.127 e. The van der Waals surface area contributed by atoms with Gasteiger partial charge in [0.2, 0.25) is 0 Å². The van der Waals surface area contributed by atoms with Gasteiger partial charge in [0.1, 0.15) is 10.8 Å². The Kier molecular flexibility index (Phi) is 6.74. The minimum atomic E-state index is -0.0310. The average molecular weight is 681 g/mol. The van der Waals surface area contributed by atoms with Crippen LogP contribution in [-0.4, -0.2) is 15.1 Å². The molecule has 0 spiro atoms. The molecule has 0 bridgehead atoms. The van der Waals surface area contributed by atoms with E-state index < -0.39 is 0 Å². The first-order chi connectivity index (χ1) is 17.4. The molecule has 6 rings (SSSR count). The molecule has 0 amide bonds. The van der Waals surface area contributed by atoms with Crippen molar-refractivity contribution in [3.8, 4) is 38.7 Å². The number of aromatic hydroxyl groups is 1. The molecule has 2 heterocycles. The molecule has 5 heteroatoms.